The SMILES string of the molecule is CCCCCCCC(C)(O)/C=C/[C@H](NC(C)=O)C(=O)CC(C)C.CCCCCCCC(C)(O)C/C=C(/NC(C)=O)C(=O)CC(C)C. The monoisotopic (exact) mass is 651 g/mol. The summed E-state index contributed by atoms with van der Waals surface area (Å²) in [6.45, 7) is 18.6. The third kappa shape index (κ3) is 27.9. The number of Topliss-reactive ketones (excluding diaryl/α,β-unsaturated/α-hetero) is 2. The van der Waals surface area contributed by atoms with Gasteiger partial charge in [-0.1, -0.05) is 124 Å². The molecule has 0 heterocycles. The van der Waals surface area contributed by atoms with Gasteiger partial charge < -0.3 is 20.8 Å². The fraction of sp³-hybridized carbons (Fsp3) is 0.789. The average Bonchev–Trinajstić information content (AvgIpc) is 2.92. The van der Waals surface area contributed by atoms with Gasteiger partial charge in [-0.2, -0.15) is 0 Å². The standard InChI is InChI=1S/2C19H35NO3/c2*1-6-7-8-9-10-12-19(5,23)13-11-17(20-16(4)21)18(22)14-15(2)3/h11,15,23H,6-10,12-14H2,1-5H3,(H,20,21);11,13,15,17,23H,6-10,12,14H2,1-5H3,(H,20,21)/b17-11+;13-11+/t;17-,19?/m.0/s1. The Balaban J connectivity index is 0. The Bertz CT molecular complexity index is 933. The van der Waals surface area contributed by atoms with Gasteiger partial charge in [0.25, 0.3) is 0 Å². The highest BCUT2D eigenvalue weighted by molar-refractivity contribution is 5.98. The van der Waals surface area contributed by atoms with Gasteiger partial charge in [0.2, 0.25) is 11.8 Å². The molecular formula is C38H70N2O6. The maximum absolute atomic E-state index is 12.2. The van der Waals surface area contributed by atoms with E-state index in [-0.39, 0.29) is 35.2 Å². The molecule has 268 valence electrons. The highest BCUT2D eigenvalue weighted by atomic mass is 16.3. The third-order valence-corrected chi connectivity index (χ3v) is 7.52. The molecule has 0 aliphatic rings. The van der Waals surface area contributed by atoms with Crippen LogP contribution in [0.15, 0.2) is 23.9 Å². The average molecular weight is 651 g/mol. The van der Waals surface area contributed by atoms with E-state index in [4.69, 9.17) is 0 Å². The Morgan fingerprint density at radius 2 is 1.22 bits per heavy atom. The summed E-state index contributed by atoms with van der Waals surface area (Å²) >= 11 is 0. The minimum atomic E-state index is -0.943. The first-order valence-corrected chi connectivity index (χ1v) is 17.8. The van der Waals surface area contributed by atoms with E-state index in [0.717, 1.165) is 25.7 Å². The Morgan fingerprint density at radius 3 is 1.67 bits per heavy atom. The number of carbonyl (C=O) groups excluding carboxylic acids is 4. The van der Waals surface area contributed by atoms with Gasteiger partial charge in [0.15, 0.2) is 11.6 Å². The van der Waals surface area contributed by atoms with E-state index in [2.05, 4.69) is 24.5 Å². The lowest BCUT2D eigenvalue weighted by atomic mass is 9.93. The number of ketones is 2. The smallest absolute Gasteiger partial charge is 0.221 e. The molecule has 0 spiro atoms. The van der Waals surface area contributed by atoms with Crippen LogP contribution in [0.25, 0.3) is 0 Å². The van der Waals surface area contributed by atoms with Crippen molar-refractivity contribution in [3.63, 3.8) is 0 Å². The predicted molar refractivity (Wildman–Crippen MR) is 190 cm³/mol. The predicted octanol–water partition coefficient (Wildman–Crippen LogP) is 7.90. The second kappa shape index (κ2) is 25.7. The zero-order valence-corrected chi connectivity index (χ0v) is 31.1. The van der Waals surface area contributed by atoms with Crippen molar-refractivity contribution in [3.05, 3.63) is 23.9 Å². The van der Waals surface area contributed by atoms with Gasteiger partial charge in [0, 0.05) is 26.7 Å². The van der Waals surface area contributed by atoms with Gasteiger partial charge in [-0.3, -0.25) is 19.2 Å². The Labute approximate surface area is 281 Å². The van der Waals surface area contributed by atoms with Crippen molar-refractivity contribution in [2.45, 2.75) is 183 Å². The van der Waals surface area contributed by atoms with Crippen molar-refractivity contribution in [2.24, 2.45) is 11.8 Å². The molecule has 0 saturated heterocycles. The summed E-state index contributed by atoms with van der Waals surface area (Å²) in [7, 11) is 0. The lowest BCUT2D eigenvalue weighted by Gasteiger charge is -2.22. The number of allylic oxidation sites excluding steroid dienone is 1. The van der Waals surface area contributed by atoms with Crippen LogP contribution in [0.5, 0.6) is 0 Å². The maximum Gasteiger partial charge on any atom is 0.221 e. The lowest BCUT2D eigenvalue weighted by Crippen LogP contribution is -2.39. The molecule has 0 aliphatic carbocycles. The van der Waals surface area contributed by atoms with Gasteiger partial charge in [-0.15, -0.1) is 0 Å². The number of aliphatic hydroxyl groups is 2. The summed E-state index contributed by atoms with van der Waals surface area (Å²) in [5, 5.41) is 26.1. The van der Waals surface area contributed by atoms with E-state index in [0.29, 0.717) is 37.8 Å². The van der Waals surface area contributed by atoms with E-state index >= 15 is 0 Å². The summed E-state index contributed by atoms with van der Waals surface area (Å²) in [6.07, 6.45) is 19.0. The van der Waals surface area contributed by atoms with Gasteiger partial charge in [-0.25, -0.2) is 0 Å². The van der Waals surface area contributed by atoms with E-state index in [1.165, 1.54) is 52.4 Å². The number of hydrogen-bond donors (Lipinski definition) is 4. The van der Waals surface area contributed by atoms with Gasteiger partial charge in [-0.05, 0) is 44.9 Å². The van der Waals surface area contributed by atoms with Crippen LogP contribution in [0.2, 0.25) is 0 Å². The Morgan fingerprint density at radius 1 is 0.717 bits per heavy atom. The quantitative estimate of drug-likeness (QED) is 0.0477. The molecule has 0 aromatic heterocycles. The van der Waals surface area contributed by atoms with Crippen LogP contribution in [-0.4, -0.2) is 50.8 Å². The van der Waals surface area contributed by atoms with E-state index in [1.807, 2.05) is 27.7 Å². The summed E-state index contributed by atoms with van der Waals surface area (Å²) in [4.78, 5) is 46.9. The topological polar surface area (TPSA) is 133 Å². The molecule has 0 rings (SSSR count). The van der Waals surface area contributed by atoms with Crippen LogP contribution in [0.1, 0.15) is 166 Å². The van der Waals surface area contributed by atoms with Crippen molar-refractivity contribution in [1.82, 2.24) is 10.6 Å². The molecule has 0 aromatic rings. The first kappa shape index (κ1) is 45.8. The molecular weight excluding hydrogens is 580 g/mol. The van der Waals surface area contributed by atoms with Gasteiger partial charge >= 0.3 is 0 Å². The van der Waals surface area contributed by atoms with Crippen molar-refractivity contribution in [2.75, 3.05) is 0 Å². The molecule has 0 saturated carbocycles. The van der Waals surface area contributed by atoms with E-state index < -0.39 is 17.2 Å². The largest absolute Gasteiger partial charge is 0.390 e. The van der Waals surface area contributed by atoms with Crippen LogP contribution < -0.4 is 10.6 Å². The molecule has 4 N–H and O–H groups in total. The maximum atomic E-state index is 12.2. The number of rotatable bonds is 24. The summed E-state index contributed by atoms with van der Waals surface area (Å²) in [5.74, 6) is -0.118. The molecule has 8 heteroatoms. The fourth-order valence-corrected chi connectivity index (χ4v) is 4.90. The normalized spacial score (nSPS) is 15.1. The minimum absolute atomic E-state index is 0.0230. The molecule has 3 atom stereocenters. The molecule has 46 heavy (non-hydrogen) atoms. The number of carbonyl (C=O) groups is 4. The van der Waals surface area contributed by atoms with Crippen LogP contribution in [-0.2, 0) is 19.2 Å². The summed E-state index contributed by atoms with van der Waals surface area (Å²) < 4.78 is 0. The molecule has 8 nitrogen and oxygen atoms in total. The summed E-state index contributed by atoms with van der Waals surface area (Å²) in [5.41, 5.74) is -1.47. The number of amides is 2. The van der Waals surface area contributed by atoms with Crippen molar-refractivity contribution in [3.8, 4) is 0 Å². The Kier molecular flexibility index (Phi) is 25.6. The number of nitrogens with one attached hydrogen (secondary N) is 2. The van der Waals surface area contributed by atoms with Crippen LogP contribution in [0, 0.1) is 11.8 Å². The highest BCUT2D eigenvalue weighted by Gasteiger charge is 2.22. The van der Waals surface area contributed by atoms with Crippen molar-refractivity contribution >= 4 is 23.4 Å². The molecule has 2 amide bonds. The first-order chi connectivity index (χ1) is 21.4. The molecule has 0 fully saturated rings. The molecule has 0 aliphatic heterocycles. The van der Waals surface area contributed by atoms with Crippen molar-refractivity contribution < 1.29 is 29.4 Å². The minimum Gasteiger partial charge on any atom is -0.390 e. The molecule has 2 unspecified atom stereocenters. The molecule has 0 bridgehead atoms. The summed E-state index contributed by atoms with van der Waals surface area (Å²) in [6, 6.07) is -0.651. The van der Waals surface area contributed by atoms with Crippen LogP contribution >= 0.6 is 0 Å². The fourth-order valence-electron chi connectivity index (χ4n) is 4.90. The third-order valence-electron chi connectivity index (χ3n) is 7.52. The zero-order chi connectivity index (χ0) is 35.8. The van der Waals surface area contributed by atoms with E-state index in [1.54, 1.807) is 32.1 Å². The van der Waals surface area contributed by atoms with Crippen LogP contribution in [0.4, 0.5) is 0 Å². The van der Waals surface area contributed by atoms with Crippen LogP contribution in [0.3, 0.4) is 0 Å². The van der Waals surface area contributed by atoms with Crippen molar-refractivity contribution in [1.29, 1.82) is 0 Å². The van der Waals surface area contributed by atoms with E-state index in [9.17, 15) is 29.4 Å². The molecule has 0 radical (unpaired) electrons. The first-order valence-electron chi connectivity index (χ1n) is 17.8. The van der Waals surface area contributed by atoms with Gasteiger partial charge in [0.1, 0.15) is 6.04 Å². The number of hydrogen-bond acceptors (Lipinski definition) is 6. The molecule has 0 aromatic carbocycles. The highest BCUT2D eigenvalue weighted by Crippen LogP contribution is 2.21. The Hall–Kier alpha value is -2.32. The number of unbranched alkanes of at least 4 members (excludes halogenated alkanes) is 8. The zero-order valence-electron chi connectivity index (χ0n) is 31.1. The second-order valence-electron chi connectivity index (χ2n) is 14.3. The lowest BCUT2D eigenvalue weighted by molar-refractivity contribution is -0.126. The second-order valence-corrected chi connectivity index (χ2v) is 14.3. The van der Waals surface area contributed by atoms with Gasteiger partial charge in [0.05, 0.1) is 16.9 Å².